The number of anilines is 1. The molecule has 7 nitrogen and oxygen atoms in total. The maximum atomic E-state index is 11.8. The van der Waals surface area contributed by atoms with Crippen LogP contribution < -0.4 is 5.01 Å². The van der Waals surface area contributed by atoms with Gasteiger partial charge in [-0.2, -0.15) is 10.1 Å². The van der Waals surface area contributed by atoms with Gasteiger partial charge in [0.15, 0.2) is 0 Å². The number of hydrogen-bond donors (Lipinski definition) is 0. The Labute approximate surface area is 131 Å². The summed E-state index contributed by atoms with van der Waals surface area (Å²) in [5, 5.41) is 18.5. The largest absolute Gasteiger partial charge is 0.273 e. The second-order valence-electron chi connectivity index (χ2n) is 4.59. The molecule has 0 aliphatic rings. The van der Waals surface area contributed by atoms with Crippen LogP contribution in [0.25, 0.3) is 0 Å². The molecular formula is C14H14N4O3S. The van der Waals surface area contributed by atoms with Crippen molar-refractivity contribution in [1.82, 2.24) is 4.98 Å². The van der Waals surface area contributed by atoms with Crippen LogP contribution in [-0.2, 0) is 4.79 Å². The van der Waals surface area contributed by atoms with E-state index in [4.69, 9.17) is 0 Å². The number of hydrogen-bond acceptors (Lipinski definition) is 6. The summed E-state index contributed by atoms with van der Waals surface area (Å²) < 4.78 is 0. The van der Waals surface area contributed by atoms with Crippen LogP contribution in [0.1, 0.15) is 25.1 Å². The number of aryl methyl sites for hydroxylation is 1. The van der Waals surface area contributed by atoms with E-state index in [1.165, 1.54) is 35.4 Å². The van der Waals surface area contributed by atoms with E-state index in [9.17, 15) is 14.9 Å². The summed E-state index contributed by atoms with van der Waals surface area (Å²) in [6.45, 7) is 4.98. The lowest BCUT2D eigenvalue weighted by Crippen LogP contribution is -2.23. The van der Waals surface area contributed by atoms with Crippen molar-refractivity contribution in [3.05, 3.63) is 51.0 Å². The lowest BCUT2D eigenvalue weighted by atomic mass is 10.1. The van der Waals surface area contributed by atoms with Gasteiger partial charge in [-0.1, -0.05) is 0 Å². The molecule has 0 unspecified atom stereocenters. The molecule has 0 saturated carbocycles. The normalized spacial score (nSPS) is 11.3. The van der Waals surface area contributed by atoms with Gasteiger partial charge in [-0.3, -0.25) is 14.9 Å². The van der Waals surface area contributed by atoms with Gasteiger partial charge < -0.3 is 0 Å². The predicted molar refractivity (Wildman–Crippen MR) is 85.3 cm³/mol. The van der Waals surface area contributed by atoms with Crippen molar-refractivity contribution < 1.29 is 9.72 Å². The summed E-state index contributed by atoms with van der Waals surface area (Å²) in [4.78, 5) is 26.2. The number of thiazole rings is 1. The first-order valence-corrected chi connectivity index (χ1v) is 7.29. The molecule has 114 valence electrons. The molecule has 0 bridgehead atoms. The van der Waals surface area contributed by atoms with Gasteiger partial charge in [0, 0.05) is 24.4 Å². The minimum atomic E-state index is -0.462. The van der Waals surface area contributed by atoms with Crippen molar-refractivity contribution in [3.8, 4) is 0 Å². The second-order valence-corrected chi connectivity index (χ2v) is 5.43. The number of nitro benzene ring substituents is 1. The van der Waals surface area contributed by atoms with E-state index in [0.717, 1.165) is 5.69 Å². The molecular weight excluding hydrogens is 304 g/mol. The quantitative estimate of drug-likeness (QED) is 0.492. The highest BCUT2D eigenvalue weighted by molar-refractivity contribution is 7.14. The van der Waals surface area contributed by atoms with E-state index in [-0.39, 0.29) is 11.6 Å². The van der Waals surface area contributed by atoms with Crippen molar-refractivity contribution in [1.29, 1.82) is 0 Å². The highest BCUT2D eigenvalue weighted by Gasteiger charge is 2.15. The maximum absolute atomic E-state index is 11.8. The molecule has 0 atom stereocenters. The lowest BCUT2D eigenvalue weighted by Gasteiger charge is -2.13. The molecule has 1 aromatic carbocycles. The Balaban J connectivity index is 2.32. The second kappa shape index (κ2) is 6.44. The number of rotatable bonds is 4. The van der Waals surface area contributed by atoms with E-state index in [0.29, 0.717) is 16.4 Å². The Kier molecular flexibility index (Phi) is 4.62. The maximum Gasteiger partial charge on any atom is 0.269 e. The van der Waals surface area contributed by atoms with Crippen molar-refractivity contribution in [2.24, 2.45) is 5.10 Å². The third-order valence-corrected chi connectivity index (χ3v) is 3.77. The molecule has 1 heterocycles. The topological polar surface area (TPSA) is 88.7 Å². The molecule has 0 fully saturated rings. The first-order valence-electron chi connectivity index (χ1n) is 6.41. The third kappa shape index (κ3) is 3.53. The minimum absolute atomic E-state index is 0.00974. The van der Waals surface area contributed by atoms with Crippen molar-refractivity contribution in [2.75, 3.05) is 5.01 Å². The monoisotopic (exact) mass is 318 g/mol. The van der Waals surface area contributed by atoms with E-state index in [1.54, 1.807) is 19.1 Å². The highest BCUT2D eigenvalue weighted by Crippen LogP contribution is 2.21. The minimum Gasteiger partial charge on any atom is -0.273 e. The van der Waals surface area contributed by atoms with Crippen LogP contribution in [0.4, 0.5) is 10.8 Å². The van der Waals surface area contributed by atoms with Crippen LogP contribution in [0, 0.1) is 17.0 Å². The standard InChI is InChI=1S/C14H14N4O3S/c1-9-8-22-14(15-9)17(11(3)19)16-10(2)12-4-6-13(7-5-12)18(20)21/h4-8H,1-3H3/b16-10+. The molecule has 22 heavy (non-hydrogen) atoms. The average Bonchev–Trinajstić information content (AvgIpc) is 2.90. The molecule has 0 N–H and O–H groups in total. The predicted octanol–water partition coefficient (Wildman–Crippen LogP) is 3.14. The Hall–Kier alpha value is -2.61. The number of benzene rings is 1. The molecule has 8 heteroatoms. The number of aromatic nitrogens is 1. The average molecular weight is 318 g/mol. The number of carbonyl (C=O) groups excluding carboxylic acids is 1. The van der Waals surface area contributed by atoms with Crippen LogP contribution in [0.3, 0.4) is 0 Å². The van der Waals surface area contributed by atoms with E-state index in [1.807, 2.05) is 12.3 Å². The Morgan fingerprint density at radius 1 is 1.32 bits per heavy atom. The van der Waals surface area contributed by atoms with Crippen LogP contribution in [0.2, 0.25) is 0 Å². The van der Waals surface area contributed by atoms with Gasteiger partial charge in [-0.15, -0.1) is 11.3 Å². The van der Waals surface area contributed by atoms with E-state index in [2.05, 4.69) is 10.1 Å². The van der Waals surface area contributed by atoms with Gasteiger partial charge in [-0.05, 0) is 31.5 Å². The van der Waals surface area contributed by atoms with Crippen LogP contribution in [0.5, 0.6) is 0 Å². The molecule has 2 rings (SSSR count). The van der Waals surface area contributed by atoms with Crippen molar-refractivity contribution in [2.45, 2.75) is 20.8 Å². The molecule has 0 radical (unpaired) electrons. The Morgan fingerprint density at radius 2 is 1.95 bits per heavy atom. The third-order valence-electron chi connectivity index (χ3n) is 2.83. The van der Waals surface area contributed by atoms with Gasteiger partial charge >= 0.3 is 0 Å². The molecule has 0 saturated heterocycles. The van der Waals surface area contributed by atoms with Crippen LogP contribution in [0.15, 0.2) is 34.7 Å². The van der Waals surface area contributed by atoms with E-state index >= 15 is 0 Å². The number of nitrogens with zero attached hydrogens (tertiary/aromatic N) is 4. The fourth-order valence-electron chi connectivity index (χ4n) is 1.72. The number of hydrazone groups is 1. The highest BCUT2D eigenvalue weighted by atomic mass is 32.1. The lowest BCUT2D eigenvalue weighted by molar-refractivity contribution is -0.384. The zero-order valence-electron chi connectivity index (χ0n) is 12.3. The number of carbonyl (C=O) groups is 1. The number of amides is 1. The SMILES string of the molecule is CC(=O)N(/N=C(\C)c1ccc([N+](=O)[O-])cc1)c1nc(C)cs1. The fraction of sp³-hybridized carbons (Fsp3) is 0.214. The van der Waals surface area contributed by atoms with E-state index < -0.39 is 4.92 Å². The van der Waals surface area contributed by atoms with Gasteiger partial charge in [0.2, 0.25) is 11.0 Å². The summed E-state index contributed by atoms with van der Waals surface area (Å²) in [5.41, 5.74) is 2.09. The Morgan fingerprint density at radius 3 is 2.41 bits per heavy atom. The zero-order valence-corrected chi connectivity index (χ0v) is 13.1. The van der Waals surface area contributed by atoms with Gasteiger partial charge in [0.05, 0.1) is 16.3 Å². The first kappa shape index (κ1) is 15.8. The molecule has 0 aliphatic heterocycles. The summed E-state index contributed by atoms with van der Waals surface area (Å²) >= 11 is 1.33. The number of non-ortho nitro benzene ring substituents is 1. The molecule has 0 aliphatic carbocycles. The summed E-state index contributed by atoms with van der Waals surface area (Å²) in [6, 6.07) is 6.00. The molecule has 1 aromatic heterocycles. The van der Waals surface area contributed by atoms with Crippen molar-refractivity contribution >= 4 is 33.8 Å². The molecule has 2 aromatic rings. The zero-order chi connectivity index (χ0) is 16.3. The molecule has 1 amide bonds. The van der Waals surface area contributed by atoms with Gasteiger partial charge in [-0.25, -0.2) is 4.98 Å². The van der Waals surface area contributed by atoms with Crippen LogP contribution >= 0.6 is 11.3 Å². The summed E-state index contributed by atoms with van der Waals surface area (Å²) in [5.74, 6) is -0.254. The first-order chi connectivity index (χ1) is 10.4. The Bertz CT molecular complexity index is 737. The van der Waals surface area contributed by atoms with Gasteiger partial charge in [0.1, 0.15) is 0 Å². The smallest absolute Gasteiger partial charge is 0.269 e. The van der Waals surface area contributed by atoms with Crippen LogP contribution in [-0.4, -0.2) is 21.5 Å². The fourth-order valence-corrected chi connectivity index (χ4v) is 2.51. The number of nitro groups is 1. The van der Waals surface area contributed by atoms with Gasteiger partial charge in [0.25, 0.3) is 5.69 Å². The summed E-state index contributed by atoms with van der Waals surface area (Å²) in [6.07, 6.45) is 0. The molecule has 0 spiro atoms. The van der Waals surface area contributed by atoms with Crippen molar-refractivity contribution in [3.63, 3.8) is 0 Å². The summed E-state index contributed by atoms with van der Waals surface area (Å²) in [7, 11) is 0.